The zero-order chi connectivity index (χ0) is 74.8. The molecule has 0 spiro atoms. The lowest BCUT2D eigenvalue weighted by atomic mass is 9.86. The number of aliphatic hydroxyl groups is 4. The molecular formula is C82H85N13O11. The first-order valence-electron chi connectivity index (χ1n) is 35.9. The van der Waals surface area contributed by atoms with Gasteiger partial charge in [0.1, 0.15) is 29.9 Å². The summed E-state index contributed by atoms with van der Waals surface area (Å²) in [5, 5.41) is 51.3. The number of aliphatic imine (C=N–C) groups is 4. The third-order valence-electron chi connectivity index (χ3n) is 22.3. The van der Waals surface area contributed by atoms with E-state index < -0.39 is 22.4 Å². The van der Waals surface area contributed by atoms with Gasteiger partial charge in [0.25, 0.3) is 0 Å². The summed E-state index contributed by atoms with van der Waals surface area (Å²) in [6, 6.07) is 27.0. The first kappa shape index (κ1) is 70.8. The molecule has 0 saturated carbocycles. The summed E-state index contributed by atoms with van der Waals surface area (Å²) in [4.78, 5) is 91.8. The van der Waals surface area contributed by atoms with Gasteiger partial charge in [0.2, 0.25) is 34.9 Å². The number of ether oxygens (including phenoxy) is 3. The number of anilines is 6. The van der Waals surface area contributed by atoms with Crippen LogP contribution in [0.1, 0.15) is 134 Å². The van der Waals surface area contributed by atoms with Crippen molar-refractivity contribution in [1.29, 1.82) is 0 Å². The minimum Gasteiger partial charge on any atom is -0.481 e. The predicted octanol–water partition coefficient (Wildman–Crippen LogP) is 11.5. The number of nitrogens with zero attached hydrogens (tertiary/aromatic N) is 11. The lowest BCUT2D eigenvalue weighted by molar-refractivity contribution is 0.0600. The number of rotatable bonds is 5. The van der Waals surface area contributed by atoms with Gasteiger partial charge in [0, 0.05) is 115 Å². The number of carbonyl (C=O) groups excluding carboxylic acids is 4. The predicted molar refractivity (Wildman–Crippen MR) is 409 cm³/mol. The molecule has 0 amide bonds. The molecule has 4 atom stereocenters. The molecule has 18 rings (SSSR count). The van der Waals surface area contributed by atoms with Gasteiger partial charge in [-0.3, -0.25) is 24.2 Å². The maximum atomic E-state index is 13.2. The molecule has 8 aromatic rings. The lowest BCUT2D eigenvalue weighted by Crippen LogP contribution is -2.48. The van der Waals surface area contributed by atoms with Crippen LogP contribution in [0.3, 0.4) is 0 Å². The van der Waals surface area contributed by atoms with Gasteiger partial charge in [-0.05, 0) is 211 Å². The van der Waals surface area contributed by atoms with E-state index in [1.165, 1.54) is 0 Å². The summed E-state index contributed by atoms with van der Waals surface area (Å²) in [5.74, 6) is 1.66. The molecule has 10 aliphatic heterocycles. The van der Waals surface area contributed by atoms with Crippen molar-refractivity contribution in [2.24, 2.45) is 20.0 Å². The first-order valence-corrected chi connectivity index (χ1v) is 35.9. The number of amidine groups is 4. The monoisotopic (exact) mass is 1430 g/mol. The Morgan fingerprint density at radius 1 is 0.406 bits per heavy atom. The molecule has 6 N–H and O–H groups in total. The van der Waals surface area contributed by atoms with Crippen LogP contribution in [0.15, 0.2) is 123 Å². The molecule has 106 heavy (non-hydrogen) atoms. The third kappa shape index (κ3) is 11.9. The highest BCUT2D eigenvalue weighted by atomic mass is 16.5. The summed E-state index contributed by atoms with van der Waals surface area (Å²) in [5.41, 5.74) is 15.8. The van der Waals surface area contributed by atoms with E-state index in [1.807, 2.05) is 175 Å². The molecule has 13 heterocycles. The van der Waals surface area contributed by atoms with Crippen LogP contribution in [-0.4, -0.2) is 164 Å². The van der Waals surface area contributed by atoms with Gasteiger partial charge in [-0.15, -0.1) is 0 Å². The topological polar surface area (TPSA) is 302 Å². The SMILES string of the molecule is COc1ncc(N2CC[C@@]3(O)C(=O)c4cc(C)c(C)cc4N=C23)cc1C.Cc1cc2c(cc1C)C(=O)[C@]1(O)CCN(c3ccc4c(c3)COCCN4)C1=N2.Cc1cc2c(cc1C)C(=O)[C@]1(O)CCN(c3cnc(C)c(C)c3)C1=N2.Cc1cc2c(cc1C)C(=O)[C@]1(O)CCN(c3cnc4c(c3)NCCO4)C1=N2. The number of aromatic nitrogens is 3. The number of hydrogen-bond donors (Lipinski definition) is 6. The van der Waals surface area contributed by atoms with Gasteiger partial charge in [0.15, 0.2) is 22.4 Å². The number of ketones is 4. The molecule has 0 radical (unpaired) electrons. The Bertz CT molecular complexity index is 5240. The molecule has 544 valence electrons. The number of fused-ring (bicyclic) bond motifs is 10. The zero-order valence-corrected chi connectivity index (χ0v) is 61.6. The van der Waals surface area contributed by atoms with Crippen LogP contribution in [0.25, 0.3) is 0 Å². The highest BCUT2D eigenvalue weighted by Gasteiger charge is 2.56. The summed E-state index contributed by atoms with van der Waals surface area (Å²) in [7, 11) is 1.58. The summed E-state index contributed by atoms with van der Waals surface area (Å²) in [6.45, 7) is 27.1. The largest absolute Gasteiger partial charge is 0.481 e. The Kier molecular flexibility index (Phi) is 17.8. The quantitative estimate of drug-likeness (QED) is 0.0933. The number of hydrogen-bond acceptors (Lipinski definition) is 24. The van der Waals surface area contributed by atoms with E-state index in [9.17, 15) is 39.6 Å². The van der Waals surface area contributed by atoms with Crippen LogP contribution in [0.2, 0.25) is 0 Å². The Morgan fingerprint density at radius 2 is 0.774 bits per heavy atom. The van der Waals surface area contributed by atoms with Gasteiger partial charge in [0.05, 0.1) is 84.4 Å². The van der Waals surface area contributed by atoms with Crippen molar-refractivity contribution in [3.05, 3.63) is 193 Å². The average Bonchev–Trinajstić information content (AvgIpc) is 1.59. The van der Waals surface area contributed by atoms with E-state index in [2.05, 4.69) is 41.6 Å². The van der Waals surface area contributed by atoms with Crippen molar-refractivity contribution in [3.8, 4) is 11.8 Å². The molecule has 24 nitrogen and oxygen atoms in total. The molecule has 4 fully saturated rings. The lowest BCUT2D eigenvalue weighted by Gasteiger charge is -2.30. The minimum atomic E-state index is -1.59. The van der Waals surface area contributed by atoms with Crippen molar-refractivity contribution < 1.29 is 53.8 Å². The maximum absolute atomic E-state index is 13.2. The highest BCUT2D eigenvalue weighted by molar-refractivity contribution is 6.31. The smallest absolute Gasteiger partial charge is 0.237 e. The molecule has 10 aliphatic rings. The normalized spacial score (nSPS) is 22.4. The van der Waals surface area contributed by atoms with Crippen LogP contribution < -0.4 is 39.7 Å². The Balaban J connectivity index is 0.000000113. The number of aryl methyl sites for hydroxylation is 11. The number of benzene rings is 5. The number of methoxy groups -OCH3 is 1. The molecular weight excluding hydrogens is 1340 g/mol. The van der Waals surface area contributed by atoms with Crippen LogP contribution in [0.4, 0.5) is 56.9 Å². The van der Waals surface area contributed by atoms with E-state index >= 15 is 0 Å². The number of pyridine rings is 3. The van der Waals surface area contributed by atoms with Gasteiger partial charge in [-0.2, -0.15) is 0 Å². The Hall–Kier alpha value is -10.9. The van der Waals surface area contributed by atoms with Crippen molar-refractivity contribution in [1.82, 2.24) is 15.0 Å². The molecule has 0 aliphatic carbocycles. The van der Waals surface area contributed by atoms with Crippen LogP contribution in [0, 0.1) is 76.2 Å². The molecule has 4 saturated heterocycles. The van der Waals surface area contributed by atoms with Crippen LogP contribution >= 0.6 is 0 Å². The van der Waals surface area contributed by atoms with Crippen LogP contribution in [-0.2, 0) is 11.3 Å². The fraction of sp³-hybridized carbons (Fsp3) is 0.354. The van der Waals surface area contributed by atoms with E-state index in [4.69, 9.17) is 24.2 Å². The fourth-order valence-electron chi connectivity index (χ4n) is 15.3. The van der Waals surface area contributed by atoms with E-state index in [0.717, 1.165) is 108 Å². The second-order valence-electron chi connectivity index (χ2n) is 29.2. The summed E-state index contributed by atoms with van der Waals surface area (Å²) < 4.78 is 16.4. The van der Waals surface area contributed by atoms with Gasteiger partial charge in [-0.1, -0.05) is 0 Å². The number of nitrogens with one attached hydrogen (secondary N) is 2. The zero-order valence-electron chi connectivity index (χ0n) is 61.6. The molecule has 24 heteroatoms. The van der Waals surface area contributed by atoms with Crippen molar-refractivity contribution in [3.63, 3.8) is 0 Å². The molecule has 0 bridgehead atoms. The van der Waals surface area contributed by atoms with Gasteiger partial charge in [-0.25, -0.2) is 29.9 Å². The average molecular weight is 1430 g/mol. The van der Waals surface area contributed by atoms with E-state index in [0.29, 0.717) is 158 Å². The summed E-state index contributed by atoms with van der Waals surface area (Å²) in [6.07, 6.45) is 6.44. The van der Waals surface area contributed by atoms with Gasteiger partial charge < -0.3 is 64.9 Å². The molecule has 5 aromatic carbocycles. The Morgan fingerprint density at radius 3 is 1.19 bits per heavy atom. The van der Waals surface area contributed by atoms with Crippen molar-refractivity contribution in [2.45, 2.75) is 131 Å². The standard InChI is InChI=1S/C22H23N3O3.C20H20N4O3.C20H21N3O3.C20H21N3O2/c1-13-9-17-19(10-14(13)2)24-21-22(27,20(17)26)5-7-25(21)16-3-4-18-15(11-16)12-28-8-6-23-18;1-11-7-14-15(8-12(11)2)23-19-20(26,17(14)25)3-5-24(19)13-9-16-18(22-10-13)27-6-4-21-16;1-11-8-15-16(9-12(11)2)22-19-20(25,17(15)24)5-6-23(19)14-7-13(3)18(26-4)21-10-14;1-11-8-16-17(9-12(11)2)22-19-20(25,18(16)24)5-6-23(19)15-7-13(3)14(4)21-10-15/h3-4,9-11,23,27H,5-8,12H2,1-2H3;7-10,21,26H,3-6H2,1-2H3;7-10,25H,5-6H2,1-4H3;7-10,25H,5-6H2,1-4H3/t22-;3*20-/m1111/s1. The first-order chi connectivity index (χ1) is 50.6. The fourth-order valence-corrected chi connectivity index (χ4v) is 15.3. The maximum Gasteiger partial charge on any atom is 0.237 e. The number of carbonyl (C=O) groups is 4. The molecule has 0 unspecified atom stereocenters. The molecule has 3 aromatic heterocycles. The second kappa shape index (κ2) is 26.6. The van der Waals surface area contributed by atoms with Crippen molar-refractivity contribution >= 4 is 103 Å². The van der Waals surface area contributed by atoms with E-state index in [1.54, 1.807) is 25.7 Å². The van der Waals surface area contributed by atoms with Gasteiger partial charge >= 0.3 is 0 Å². The Labute approximate surface area is 614 Å². The van der Waals surface area contributed by atoms with E-state index in [-0.39, 0.29) is 23.1 Å². The highest BCUT2D eigenvalue weighted by Crippen LogP contribution is 2.47. The third-order valence-corrected chi connectivity index (χ3v) is 22.3. The van der Waals surface area contributed by atoms with Crippen LogP contribution in [0.5, 0.6) is 11.8 Å². The minimum absolute atomic E-state index is 0.252. The number of Topliss-reactive ketones (excluding diaryl/α,β-unsaturated/α-hetero) is 4. The summed E-state index contributed by atoms with van der Waals surface area (Å²) >= 11 is 0. The second-order valence-corrected chi connectivity index (χ2v) is 29.2. The van der Waals surface area contributed by atoms with Crippen molar-refractivity contribution in [2.75, 3.05) is 89.8 Å².